The van der Waals surface area contributed by atoms with E-state index in [2.05, 4.69) is 10.5 Å². The van der Waals surface area contributed by atoms with Gasteiger partial charge in [0.1, 0.15) is 5.69 Å². The fraction of sp³-hybridized carbons (Fsp3) is 0. The van der Waals surface area contributed by atoms with Gasteiger partial charge in [-0.05, 0) is 22.9 Å². The number of nitro groups is 1. The molecule has 0 amide bonds. The van der Waals surface area contributed by atoms with Gasteiger partial charge in [-0.15, -0.1) is 0 Å². The summed E-state index contributed by atoms with van der Waals surface area (Å²) >= 11 is 0. The first-order valence-electron chi connectivity index (χ1n) is 7.44. The zero-order valence-electron chi connectivity index (χ0n) is 13.4. The Morgan fingerprint density at radius 2 is 1.81 bits per heavy atom. The van der Waals surface area contributed by atoms with Gasteiger partial charge in [-0.2, -0.15) is 5.10 Å². The van der Waals surface area contributed by atoms with Gasteiger partial charge in [0.15, 0.2) is 0 Å². The highest BCUT2D eigenvalue weighted by Crippen LogP contribution is 2.27. The second-order valence-corrected chi connectivity index (χ2v) is 6.98. The lowest BCUT2D eigenvalue weighted by molar-refractivity contribution is -0.384. The van der Waals surface area contributed by atoms with Gasteiger partial charge in [-0.1, -0.05) is 42.5 Å². The highest BCUT2D eigenvalue weighted by atomic mass is 32.2. The number of nitrogens with one attached hydrogen (secondary N) is 1. The van der Waals surface area contributed by atoms with Gasteiger partial charge >= 0.3 is 0 Å². The van der Waals surface area contributed by atoms with Gasteiger partial charge in [-0.3, -0.25) is 15.5 Å². The van der Waals surface area contributed by atoms with Crippen LogP contribution in [-0.4, -0.2) is 19.6 Å². The van der Waals surface area contributed by atoms with Crippen LogP contribution in [0.3, 0.4) is 0 Å². The average molecular weight is 370 g/mol. The van der Waals surface area contributed by atoms with Crippen LogP contribution in [0.25, 0.3) is 10.8 Å². The molecule has 9 heteroatoms. The molecule has 0 saturated heterocycles. The molecule has 26 heavy (non-hydrogen) atoms. The molecule has 0 saturated carbocycles. The third kappa shape index (κ3) is 3.68. The topological polar surface area (TPSA) is 128 Å². The van der Waals surface area contributed by atoms with E-state index in [1.54, 1.807) is 6.21 Å². The van der Waals surface area contributed by atoms with E-state index in [-0.39, 0.29) is 10.6 Å². The Labute approximate surface area is 149 Å². The predicted molar refractivity (Wildman–Crippen MR) is 99.6 cm³/mol. The van der Waals surface area contributed by atoms with Crippen molar-refractivity contribution in [3.63, 3.8) is 0 Å². The van der Waals surface area contributed by atoms with Crippen LogP contribution in [0.2, 0.25) is 0 Å². The standard InChI is InChI=1S/C17H14N4O4S/c18-26(24,25)14-8-9-16(17(10-14)21(22)23)20-19-11-13-6-3-5-12-4-1-2-7-15(12)13/h1-11,20H,(H2,18,24,25)/b19-11-. The van der Waals surface area contributed by atoms with Gasteiger partial charge in [0, 0.05) is 11.6 Å². The van der Waals surface area contributed by atoms with Crippen molar-refractivity contribution in [3.8, 4) is 0 Å². The van der Waals surface area contributed by atoms with Crippen molar-refractivity contribution in [1.29, 1.82) is 0 Å². The fourth-order valence-corrected chi connectivity index (χ4v) is 3.00. The van der Waals surface area contributed by atoms with Crippen LogP contribution in [0.15, 0.2) is 70.7 Å². The molecule has 0 unspecified atom stereocenters. The van der Waals surface area contributed by atoms with Crippen LogP contribution in [0.4, 0.5) is 11.4 Å². The number of sulfonamides is 1. The summed E-state index contributed by atoms with van der Waals surface area (Å²) in [6, 6.07) is 16.8. The molecule has 0 fully saturated rings. The summed E-state index contributed by atoms with van der Waals surface area (Å²) in [5.41, 5.74) is 3.03. The summed E-state index contributed by atoms with van der Waals surface area (Å²) in [7, 11) is -4.03. The van der Waals surface area contributed by atoms with E-state index in [0.717, 1.165) is 22.4 Å². The molecule has 3 N–H and O–H groups in total. The number of nitro benzene ring substituents is 1. The van der Waals surface area contributed by atoms with E-state index < -0.39 is 20.6 Å². The zero-order valence-corrected chi connectivity index (χ0v) is 14.2. The zero-order chi connectivity index (χ0) is 18.7. The van der Waals surface area contributed by atoms with Crippen molar-refractivity contribution >= 4 is 38.4 Å². The van der Waals surface area contributed by atoms with Gasteiger partial charge in [0.25, 0.3) is 5.69 Å². The van der Waals surface area contributed by atoms with Gasteiger partial charge in [0.05, 0.1) is 16.0 Å². The molecule has 0 radical (unpaired) electrons. The van der Waals surface area contributed by atoms with Crippen LogP contribution in [0, 0.1) is 10.1 Å². The first kappa shape index (κ1) is 17.5. The molecule has 132 valence electrons. The van der Waals surface area contributed by atoms with Crippen LogP contribution in [0.1, 0.15) is 5.56 Å². The average Bonchev–Trinajstić information content (AvgIpc) is 2.61. The maximum atomic E-state index is 11.3. The van der Waals surface area contributed by atoms with E-state index in [4.69, 9.17) is 5.14 Å². The monoisotopic (exact) mass is 370 g/mol. The van der Waals surface area contributed by atoms with Crippen molar-refractivity contribution < 1.29 is 13.3 Å². The summed E-state index contributed by atoms with van der Waals surface area (Å²) in [6.45, 7) is 0. The van der Waals surface area contributed by atoms with Crippen molar-refractivity contribution in [3.05, 3.63) is 76.3 Å². The molecule has 0 bridgehead atoms. The number of nitrogens with zero attached hydrogens (tertiary/aromatic N) is 2. The van der Waals surface area contributed by atoms with E-state index in [9.17, 15) is 18.5 Å². The number of hydrogen-bond donors (Lipinski definition) is 2. The van der Waals surface area contributed by atoms with Gasteiger partial charge in [-0.25, -0.2) is 13.6 Å². The summed E-state index contributed by atoms with van der Waals surface area (Å²) in [6.07, 6.45) is 1.54. The number of anilines is 1. The van der Waals surface area contributed by atoms with Gasteiger partial charge in [0.2, 0.25) is 10.0 Å². The smallest absolute Gasteiger partial charge is 0.272 e. The third-order valence-electron chi connectivity index (χ3n) is 3.71. The molecule has 0 aliphatic carbocycles. The molecule has 0 aliphatic rings. The molecule has 8 nitrogen and oxygen atoms in total. The Bertz CT molecular complexity index is 1120. The Morgan fingerprint density at radius 3 is 2.54 bits per heavy atom. The summed E-state index contributed by atoms with van der Waals surface area (Å²) < 4.78 is 22.7. The van der Waals surface area contributed by atoms with E-state index in [0.29, 0.717) is 0 Å². The van der Waals surface area contributed by atoms with E-state index >= 15 is 0 Å². The number of hydrogen-bond acceptors (Lipinski definition) is 6. The quantitative estimate of drug-likeness (QED) is 0.405. The Balaban J connectivity index is 1.91. The lowest BCUT2D eigenvalue weighted by atomic mass is 10.1. The molecule has 0 spiro atoms. The molecule has 3 aromatic carbocycles. The molecular formula is C17H14N4O4S. The molecule has 3 rings (SSSR count). The Morgan fingerprint density at radius 1 is 1.08 bits per heavy atom. The van der Waals surface area contributed by atoms with Gasteiger partial charge < -0.3 is 0 Å². The molecule has 0 heterocycles. The lowest BCUT2D eigenvalue weighted by Gasteiger charge is -2.05. The molecular weight excluding hydrogens is 356 g/mol. The second kappa shape index (κ2) is 6.90. The number of nitrogens with two attached hydrogens (primary N) is 1. The number of rotatable bonds is 5. The Hall–Kier alpha value is -3.30. The van der Waals surface area contributed by atoms with Crippen LogP contribution >= 0.6 is 0 Å². The van der Waals surface area contributed by atoms with Crippen LogP contribution < -0.4 is 10.6 Å². The fourth-order valence-electron chi connectivity index (χ4n) is 2.47. The second-order valence-electron chi connectivity index (χ2n) is 5.42. The van der Waals surface area contributed by atoms with Crippen LogP contribution in [0.5, 0.6) is 0 Å². The first-order valence-corrected chi connectivity index (χ1v) is 8.99. The van der Waals surface area contributed by atoms with Crippen LogP contribution in [-0.2, 0) is 10.0 Å². The number of benzene rings is 3. The SMILES string of the molecule is NS(=O)(=O)c1ccc(N/N=C\c2cccc3ccccc23)c([N+](=O)[O-])c1. The molecule has 3 aromatic rings. The van der Waals surface area contributed by atoms with E-state index in [1.807, 2.05) is 42.5 Å². The predicted octanol–water partition coefficient (Wildman–Crippen LogP) is 2.84. The molecule has 0 aliphatic heterocycles. The minimum absolute atomic E-state index is 0.0545. The highest BCUT2D eigenvalue weighted by Gasteiger charge is 2.18. The minimum Gasteiger partial charge on any atom is -0.272 e. The maximum absolute atomic E-state index is 11.3. The molecule has 0 aromatic heterocycles. The van der Waals surface area contributed by atoms with Crippen molar-refractivity contribution in [2.45, 2.75) is 4.90 Å². The molecule has 0 atom stereocenters. The van der Waals surface area contributed by atoms with E-state index in [1.165, 1.54) is 12.1 Å². The first-order chi connectivity index (χ1) is 12.4. The number of primary sulfonamides is 1. The van der Waals surface area contributed by atoms with Crippen molar-refractivity contribution in [2.24, 2.45) is 10.2 Å². The number of fused-ring (bicyclic) bond motifs is 1. The lowest BCUT2D eigenvalue weighted by Crippen LogP contribution is -2.12. The minimum atomic E-state index is -4.03. The van der Waals surface area contributed by atoms with Crippen molar-refractivity contribution in [2.75, 3.05) is 5.43 Å². The largest absolute Gasteiger partial charge is 0.295 e. The normalized spacial score (nSPS) is 11.7. The Kier molecular flexibility index (Phi) is 4.65. The third-order valence-corrected chi connectivity index (χ3v) is 4.62. The highest BCUT2D eigenvalue weighted by molar-refractivity contribution is 7.89. The van der Waals surface area contributed by atoms with Crippen molar-refractivity contribution in [1.82, 2.24) is 0 Å². The number of hydrazone groups is 1. The summed E-state index contributed by atoms with van der Waals surface area (Å²) in [5.74, 6) is 0. The summed E-state index contributed by atoms with van der Waals surface area (Å²) in [5, 5.41) is 22.3. The summed E-state index contributed by atoms with van der Waals surface area (Å²) in [4.78, 5) is 10.1. The maximum Gasteiger partial charge on any atom is 0.295 e.